The van der Waals surface area contributed by atoms with Gasteiger partial charge in [0.05, 0.1) is 16.6 Å². The number of benzene rings is 1. The molecule has 2 aromatic rings. The normalized spacial score (nSPS) is 15.5. The molecule has 0 aliphatic carbocycles. The fraction of sp³-hybridized carbons (Fsp3) is 0.0769. The van der Waals surface area contributed by atoms with Gasteiger partial charge in [0.25, 0.3) is 5.56 Å². The number of nitrogens with one attached hydrogen (secondary N) is 2. The number of rotatable bonds is 1. The van der Waals surface area contributed by atoms with Crippen LogP contribution in [0.4, 0.5) is 0 Å². The van der Waals surface area contributed by atoms with Crippen molar-refractivity contribution in [2.75, 3.05) is 0 Å². The Balaban J connectivity index is 2.16. The number of hydrogen-bond donors (Lipinski definition) is 2. The Labute approximate surface area is 97.0 Å². The zero-order valence-electron chi connectivity index (χ0n) is 9.32. The van der Waals surface area contributed by atoms with Crippen LogP contribution in [0.2, 0.25) is 0 Å². The minimum atomic E-state index is -0.116. The van der Waals surface area contributed by atoms with Crippen LogP contribution in [-0.2, 0) is 0 Å². The van der Waals surface area contributed by atoms with Gasteiger partial charge < -0.3 is 5.10 Å². The molecular formula is C13H11N3O. The number of allylic oxidation sites excluding steroid dienone is 1. The van der Waals surface area contributed by atoms with Gasteiger partial charge in [0, 0.05) is 10.9 Å². The Morgan fingerprint density at radius 3 is 2.76 bits per heavy atom. The molecule has 0 bridgehead atoms. The molecule has 0 radical (unpaired) electrons. The number of aryl methyl sites for hydroxylation is 1. The highest BCUT2D eigenvalue weighted by Crippen LogP contribution is 2.08. The summed E-state index contributed by atoms with van der Waals surface area (Å²) in [6, 6.07) is 7.89. The smallest absolute Gasteiger partial charge is 0.271 e. The van der Waals surface area contributed by atoms with Gasteiger partial charge in [-0.1, -0.05) is 18.2 Å². The van der Waals surface area contributed by atoms with Gasteiger partial charge in [0.1, 0.15) is 0 Å². The Morgan fingerprint density at radius 1 is 1.24 bits per heavy atom. The summed E-state index contributed by atoms with van der Waals surface area (Å²) >= 11 is 0. The number of para-hydroxylation sites is 1. The van der Waals surface area contributed by atoms with Crippen LogP contribution in [0.15, 0.2) is 39.7 Å². The third-order valence-electron chi connectivity index (χ3n) is 2.79. The maximum absolute atomic E-state index is 11.5. The van der Waals surface area contributed by atoms with Crippen molar-refractivity contribution < 1.29 is 0 Å². The Morgan fingerprint density at radius 2 is 2.06 bits per heavy atom. The Bertz CT molecular complexity index is 740. The predicted molar refractivity (Wildman–Crippen MR) is 65.8 cm³/mol. The molecule has 1 aliphatic rings. The molecule has 1 aliphatic heterocycles. The Hall–Kier alpha value is -2.36. The lowest BCUT2D eigenvalue weighted by molar-refractivity contribution is 1.02. The maximum atomic E-state index is 11.5. The van der Waals surface area contributed by atoms with Crippen LogP contribution in [0.5, 0.6) is 0 Å². The summed E-state index contributed by atoms with van der Waals surface area (Å²) in [5, 5.41) is 7.38. The van der Waals surface area contributed by atoms with E-state index in [1.165, 1.54) is 0 Å². The lowest BCUT2D eigenvalue weighted by Gasteiger charge is -1.89. The molecule has 0 saturated carbocycles. The monoisotopic (exact) mass is 225 g/mol. The first-order valence-electron chi connectivity index (χ1n) is 5.38. The molecule has 3 rings (SSSR count). The molecule has 1 aromatic heterocycles. The summed E-state index contributed by atoms with van der Waals surface area (Å²) in [5.41, 5.74) is 2.14. The first kappa shape index (κ1) is 9.84. The summed E-state index contributed by atoms with van der Waals surface area (Å²) in [4.78, 5) is 16.0. The van der Waals surface area contributed by atoms with Crippen molar-refractivity contribution in [3.63, 3.8) is 0 Å². The van der Waals surface area contributed by atoms with E-state index in [1.807, 2.05) is 37.3 Å². The average Bonchev–Trinajstić information content (AvgIpc) is 2.87. The van der Waals surface area contributed by atoms with Gasteiger partial charge in [-0.3, -0.25) is 9.89 Å². The molecular weight excluding hydrogens is 214 g/mol. The van der Waals surface area contributed by atoms with Crippen LogP contribution >= 0.6 is 0 Å². The molecule has 0 saturated heterocycles. The quantitative estimate of drug-likeness (QED) is 0.728. The highest BCUT2D eigenvalue weighted by atomic mass is 16.1. The molecule has 4 nitrogen and oxygen atoms in total. The molecule has 0 unspecified atom stereocenters. The molecule has 1 aromatic carbocycles. The largest absolute Gasteiger partial charge is 0.302 e. The van der Waals surface area contributed by atoms with E-state index in [0.717, 1.165) is 22.0 Å². The van der Waals surface area contributed by atoms with Crippen molar-refractivity contribution in [2.24, 2.45) is 4.99 Å². The van der Waals surface area contributed by atoms with Gasteiger partial charge in [0.15, 0.2) is 0 Å². The molecule has 2 heterocycles. The van der Waals surface area contributed by atoms with Crippen LogP contribution in [0, 0.1) is 6.92 Å². The SMILES string of the molecule is Cc1[nH][nH]c(=O)c1/C=C1\C=c2ccccc2=N1. The zero-order valence-corrected chi connectivity index (χ0v) is 9.32. The molecule has 0 spiro atoms. The molecule has 84 valence electrons. The molecule has 0 amide bonds. The number of aromatic amines is 2. The average molecular weight is 225 g/mol. The first-order chi connectivity index (χ1) is 8.24. The zero-order chi connectivity index (χ0) is 11.8. The molecule has 2 N–H and O–H groups in total. The van der Waals surface area contributed by atoms with Crippen molar-refractivity contribution in [3.05, 3.63) is 62.1 Å². The second-order valence-corrected chi connectivity index (χ2v) is 4.00. The van der Waals surface area contributed by atoms with Gasteiger partial charge in [-0.25, -0.2) is 4.99 Å². The number of nitrogens with zero attached hydrogens (tertiary/aromatic N) is 1. The van der Waals surface area contributed by atoms with Crippen LogP contribution in [-0.4, -0.2) is 10.2 Å². The third-order valence-corrected chi connectivity index (χ3v) is 2.79. The maximum Gasteiger partial charge on any atom is 0.271 e. The fourth-order valence-electron chi connectivity index (χ4n) is 1.89. The number of aromatic nitrogens is 2. The second kappa shape index (κ2) is 3.59. The standard InChI is InChI=1S/C13H11N3O/c1-8-11(13(17)16-15-8)7-10-6-9-4-2-3-5-12(9)14-10/h2-7H,1H3,(H2,15,16,17)/b10-7+. The van der Waals surface area contributed by atoms with Gasteiger partial charge in [0.2, 0.25) is 0 Å². The summed E-state index contributed by atoms with van der Waals surface area (Å²) in [7, 11) is 0. The molecule has 17 heavy (non-hydrogen) atoms. The lowest BCUT2D eigenvalue weighted by atomic mass is 10.2. The van der Waals surface area contributed by atoms with E-state index in [1.54, 1.807) is 6.08 Å². The fourth-order valence-corrected chi connectivity index (χ4v) is 1.89. The highest BCUT2D eigenvalue weighted by molar-refractivity contribution is 5.66. The molecule has 4 heteroatoms. The first-order valence-corrected chi connectivity index (χ1v) is 5.38. The van der Waals surface area contributed by atoms with Crippen LogP contribution in [0.25, 0.3) is 12.2 Å². The topological polar surface area (TPSA) is 61.0 Å². The van der Waals surface area contributed by atoms with Gasteiger partial charge in [-0.2, -0.15) is 0 Å². The van der Waals surface area contributed by atoms with Gasteiger partial charge >= 0.3 is 0 Å². The van der Waals surface area contributed by atoms with Gasteiger partial charge in [-0.15, -0.1) is 0 Å². The minimum absolute atomic E-state index is 0.116. The van der Waals surface area contributed by atoms with Crippen LogP contribution in [0.3, 0.4) is 0 Å². The summed E-state index contributed by atoms with van der Waals surface area (Å²) in [6.45, 7) is 1.85. The Kier molecular flexibility index (Phi) is 2.08. The predicted octanol–water partition coefficient (Wildman–Crippen LogP) is 0.466. The lowest BCUT2D eigenvalue weighted by Crippen LogP contribution is -2.19. The van der Waals surface area contributed by atoms with E-state index in [2.05, 4.69) is 15.2 Å². The third kappa shape index (κ3) is 1.63. The van der Waals surface area contributed by atoms with E-state index in [-0.39, 0.29) is 5.56 Å². The number of fused-ring (bicyclic) bond motifs is 1. The van der Waals surface area contributed by atoms with E-state index in [9.17, 15) is 4.79 Å². The second-order valence-electron chi connectivity index (χ2n) is 4.00. The summed E-state index contributed by atoms with van der Waals surface area (Å²) in [6.07, 6.45) is 3.77. The minimum Gasteiger partial charge on any atom is -0.302 e. The number of H-pyrrole nitrogens is 2. The van der Waals surface area contributed by atoms with Crippen LogP contribution < -0.4 is 16.1 Å². The van der Waals surface area contributed by atoms with Crippen molar-refractivity contribution >= 4 is 12.2 Å². The van der Waals surface area contributed by atoms with Gasteiger partial charge in [-0.05, 0) is 25.1 Å². The van der Waals surface area contributed by atoms with E-state index < -0.39 is 0 Å². The molecule has 0 fully saturated rings. The van der Waals surface area contributed by atoms with Crippen molar-refractivity contribution in [3.8, 4) is 0 Å². The van der Waals surface area contributed by atoms with E-state index >= 15 is 0 Å². The van der Waals surface area contributed by atoms with E-state index in [0.29, 0.717) is 5.56 Å². The number of hydrogen-bond acceptors (Lipinski definition) is 2. The van der Waals surface area contributed by atoms with Crippen molar-refractivity contribution in [1.29, 1.82) is 0 Å². The van der Waals surface area contributed by atoms with E-state index in [4.69, 9.17) is 0 Å². The van der Waals surface area contributed by atoms with Crippen molar-refractivity contribution in [1.82, 2.24) is 10.2 Å². The van der Waals surface area contributed by atoms with Crippen molar-refractivity contribution in [2.45, 2.75) is 6.92 Å². The van der Waals surface area contributed by atoms with Crippen LogP contribution in [0.1, 0.15) is 11.3 Å². The summed E-state index contributed by atoms with van der Waals surface area (Å²) < 4.78 is 0. The summed E-state index contributed by atoms with van der Waals surface area (Å²) in [5.74, 6) is 0. The highest BCUT2D eigenvalue weighted by Gasteiger charge is 2.05. The molecule has 0 atom stereocenters.